The third-order valence-electron chi connectivity index (χ3n) is 0.0943. The lowest BCUT2D eigenvalue weighted by Crippen LogP contribution is -2.13. The summed E-state index contributed by atoms with van der Waals surface area (Å²) in [4.78, 5) is 11.2. The van der Waals surface area contributed by atoms with Gasteiger partial charge in [0.15, 0.2) is 0 Å². The maximum atomic E-state index is 8.74. The zero-order chi connectivity index (χ0) is 12.4. The molecular weight excluding hydrogens is 233 g/mol. The van der Waals surface area contributed by atoms with Crippen LogP contribution in [-0.2, 0) is 15.2 Å². The zero-order valence-corrected chi connectivity index (χ0v) is 6.97. The lowest BCUT2D eigenvalue weighted by Gasteiger charge is -1.82. The molecule has 86 valence electrons. The highest BCUT2D eigenvalue weighted by molar-refractivity contribution is 7.79. The standard InChI is InChI=1S/BH3O4.HNO3.H2O4S/c2-1(3)5-4;2-1(3)4;1-5(2,3)4/h2-4H;(H,2,3,4);(H2,1,2,3,4). The molecule has 0 amide bonds. The molecule has 14 heavy (non-hydrogen) atoms. The highest BCUT2D eigenvalue weighted by atomic mass is 32.3. The quantitative estimate of drug-likeness (QED) is 0.0920. The van der Waals surface area contributed by atoms with Crippen LogP contribution in [0.15, 0.2) is 0 Å². The summed E-state index contributed by atoms with van der Waals surface area (Å²) in [6.07, 6.45) is 0. The summed E-state index contributed by atoms with van der Waals surface area (Å²) in [6.45, 7) is 0. The zero-order valence-electron chi connectivity index (χ0n) is 6.16. The number of hydrogen-bond donors (Lipinski definition) is 6. The summed E-state index contributed by atoms with van der Waals surface area (Å²) in [6, 6.07) is 0. The maximum absolute atomic E-state index is 8.74. The van der Waals surface area contributed by atoms with Crippen LogP contribution in [-0.4, -0.2) is 50.4 Å². The Labute approximate surface area is 76.8 Å². The van der Waals surface area contributed by atoms with Crippen LogP contribution in [0.25, 0.3) is 0 Å². The van der Waals surface area contributed by atoms with E-state index < -0.39 is 22.8 Å². The predicted octanol–water partition coefficient (Wildman–Crippen LogP) is -2.55. The molecule has 14 heteroatoms. The highest BCUT2D eigenvalue weighted by Crippen LogP contribution is 1.59. The van der Waals surface area contributed by atoms with Crippen molar-refractivity contribution in [3.63, 3.8) is 0 Å². The maximum Gasteiger partial charge on any atom is 0.662 e. The van der Waals surface area contributed by atoms with Gasteiger partial charge in [-0.05, 0) is 0 Å². The second-order valence-electron chi connectivity index (χ2n) is 1.12. The molecule has 6 N–H and O–H groups in total. The van der Waals surface area contributed by atoms with E-state index in [1.807, 2.05) is 0 Å². The molecule has 0 aromatic heterocycles. The average Bonchev–Trinajstić information content (AvgIpc) is 1.82. The van der Waals surface area contributed by atoms with E-state index in [4.69, 9.17) is 48.2 Å². The van der Waals surface area contributed by atoms with E-state index in [0.717, 1.165) is 0 Å². The van der Waals surface area contributed by atoms with Crippen LogP contribution in [0.1, 0.15) is 0 Å². The van der Waals surface area contributed by atoms with Crippen LogP contribution in [0.4, 0.5) is 0 Å². The van der Waals surface area contributed by atoms with Crippen molar-refractivity contribution < 1.29 is 47.9 Å². The first kappa shape index (κ1) is 18.7. The monoisotopic (exact) mass is 239 g/mol. The smallest absolute Gasteiger partial charge is 0.400 e. The number of rotatable bonds is 1. The molecule has 0 bridgehead atoms. The Balaban J connectivity index is -0.000000131. The van der Waals surface area contributed by atoms with Gasteiger partial charge >= 0.3 is 17.7 Å². The normalized spacial score (nSPS) is 8.64. The topological polar surface area (TPSA) is 208 Å². The highest BCUT2D eigenvalue weighted by Gasteiger charge is 2.03. The van der Waals surface area contributed by atoms with E-state index in [2.05, 4.69) is 4.81 Å². The summed E-state index contributed by atoms with van der Waals surface area (Å²) in [5.74, 6) is 0. The van der Waals surface area contributed by atoms with Crippen molar-refractivity contribution in [2.45, 2.75) is 0 Å². The van der Waals surface area contributed by atoms with Crippen LogP contribution in [0.2, 0.25) is 0 Å². The molecular formula is H6BNO11S. The van der Waals surface area contributed by atoms with Crippen molar-refractivity contribution in [2.24, 2.45) is 0 Å². The van der Waals surface area contributed by atoms with E-state index >= 15 is 0 Å². The van der Waals surface area contributed by atoms with Crippen LogP contribution >= 0.6 is 0 Å². The van der Waals surface area contributed by atoms with Crippen molar-refractivity contribution in [2.75, 3.05) is 0 Å². The summed E-state index contributed by atoms with van der Waals surface area (Å²) >= 11 is 0. The molecule has 0 saturated heterocycles. The Morgan fingerprint density at radius 1 is 1.29 bits per heavy atom. The summed E-state index contributed by atoms with van der Waals surface area (Å²) in [7, 11) is -6.73. The predicted molar refractivity (Wildman–Crippen MR) is 36.9 cm³/mol. The molecule has 0 atom stereocenters. The van der Waals surface area contributed by atoms with Gasteiger partial charge in [0, 0.05) is 0 Å². The van der Waals surface area contributed by atoms with Crippen molar-refractivity contribution >= 4 is 17.7 Å². The lowest BCUT2D eigenvalue weighted by atomic mass is 10.3. The fourth-order valence-corrected chi connectivity index (χ4v) is 0. The van der Waals surface area contributed by atoms with Crippen LogP contribution in [0.5, 0.6) is 0 Å². The molecule has 0 saturated carbocycles. The lowest BCUT2D eigenvalue weighted by molar-refractivity contribution is -0.742. The Hall–Kier alpha value is -1.03. The summed E-state index contributed by atoms with van der Waals surface area (Å²) in [5, 5.41) is 35.7. The van der Waals surface area contributed by atoms with E-state index in [0.29, 0.717) is 0 Å². The second-order valence-corrected chi connectivity index (χ2v) is 2.01. The third kappa shape index (κ3) is 1150. The summed E-state index contributed by atoms with van der Waals surface area (Å²) < 4.78 is 31.6. The average molecular weight is 239 g/mol. The molecule has 0 fully saturated rings. The minimum atomic E-state index is -4.67. The molecule has 12 nitrogen and oxygen atoms in total. The third-order valence-corrected chi connectivity index (χ3v) is 0.0943. The van der Waals surface area contributed by atoms with Gasteiger partial charge in [-0.25, -0.2) is 4.81 Å². The van der Waals surface area contributed by atoms with Gasteiger partial charge in [0.25, 0.3) is 5.09 Å². The number of nitrogens with zero attached hydrogens (tertiary/aromatic N) is 1. The van der Waals surface area contributed by atoms with Gasteiger partial charge in [-0.15, -0.1) is 10.1 Å². The summed E-state index contributed by atoms with van der Waals surface area (Å²) in [5.41, 5.74) is 0. The van der Waals surface area contributed by atoms with Crippen molar-refractivity contribution in [3.05, 3.63) is 10.1 Å². The molecule has 0 spiro atoms. The Morgan fingerprint density at radius 2 is 1.36 bits per heavy atom. The van der Waals surface area contributed by atoms with E-state index in [1.54, 1.807) is 0 Å². The molecule has 0 radical (unpaired) electrons. The first-order valence-electron chi connectivity index (χ1n) is 2.20. The SMILES string of the molecule is O=S(=O)(O)O.O=[N+]([O-])O.OOB(O)O. The first-order valence-corrected chi connectivity index (χ1v) is 3.60. The molecule has 0 aromatic carbocycles. The van der Waals surface area contributed by atoms with E-state index in [1.165, 1.54) is 0 Å². The van der Waals surface area contributed by atoms with Gasteiger partial charge in [-0.3, -0.25) is 14.4 Å². The van der Waals surface area contributed by atoms with Crippen LogP contribution < -0.4 is 0 Å². The molecule has 0 aliphatic rings. The second kappa shape index (κ2) is 10.1. The minimum Gasteiger partial charge on any atom is -0.400 e. The Bertz CT molecular complexity index is 203. The molecule has 0 aliphatic carbocycles. The van der Waals surface area contributed by atoms with Gasteiger partial charge in [0.05, 0.1) is 0 Å². The van der Waals surface area contributed by atoms with Crippen LogP contribution in [0, 0.1) is 10.1 Å². The fourth-order valence-electron chi connectivity index (χ4n) is 0. The first-order chi connectivity index (χ1) is 6.00. The van der Waals surface area contributed by atoms with Crippen LogP contribution in [0.3, 0.4) is 0 Å². The number of hydrogen-bond acceptors (Lipinski definition) is 8. The van der Waals surface area contributed by atoms with E-state index in [-0.39, 0.29) is 0 Å². The van der Waals surface area contributed by atoms with Crippen molar-refractivity contribution in [3.8, 4) is 0 Å². The molecule has 0 unspecified atom stereocenters. The van der Waals surface area contributed by atoms with Gasteiger partial charge in [0.2, 0.25) is 0 Å². The largest absolute Gasteiger partial charge is 0.662 e. The van der Waals surface area contributed by atoms with Gasteiger partial charge in [-0.2, -0.15) is 8.42 Å². The van der Waals surface area contributed by atoms with Gasteiger partial charge in [0.1, 0.15) is 0 Å². The molecule has 0 heterocycles. The molecule has 0 aliphatic heterocycles. The van der Waals surface area contributed by atoms with E-state index in [9.17, 15) is 0 Å². The Morgan fingerprint density at radius 3 is 1.36 bits per heavy atom. The minimum absolute atomic E-state index is 1.50. The van der Waals surface area contributed by atoms with Gasteiger partial charge in [-0.1, -0.05) is 0 Å². The molecule has 0 rings (SSSR count). The molecule has 0 aromatic rings. The van der Waals surface area contributed by atoms with Crippen molar-refractivity contribution in [1.82, 2.24) is 0 Å². The Kier molecular flexibility index (Phi) is 13.4. The van der Waals surface area contributed by atoms with Gasteiger partial charge < -0.3 is 15.3 Å². The fraction of sp³-hybridized carbons (Fsp3) is 0. The van der Waals surface area contributed by atoms with Crippen molar-refractivity contribution in [1.29, 1.82) is 0 Å².